The number of carbonyl (C=O) groups is 1. The van der Waals surface area contributed by atoms with E-state index in [0.717, 1.165) is 5.82 Å². The lowest BCUT2D eigenvalue weighted by molar-refractivity contribution is 0.0744. The van der Waals surface area contributed by atoms with E-state index >= 15 is 0 Å². The van der Waals surface area contributed by atoms with Gasteiger partial charge in [-0.25, -0.2) is 4.68 Å². The van der Waals surface area contributed by atoms with Crippen LogP contribution in [0.15, 0.2) is 35.1 Å². The Hall–Kier alpha value is -3.23. The highest BCUT2D eigenvalue weighted by Crippen LogP contribution is 2.18. The molecule has 0 spiro atoms. The van der Waals surface area contributed by atoms with Crippen molar-refractivity contribution in [3.63, 3.8) is 0 Å². The van der Waals surface area contributed by atoms with Crippen LogP contribution in [-0.2, 0) is 0 Å². The third-order valence-corrected chi connectivity index (χ3v) is 4.51. The van der Waals surface area contributed by atoms with Gasteiger partial charge < -0.3 is 14.3 Å². The summed E-state index contributed by atoms with van der Waals surface area (Å²) in [7, 11) is 0. The van der Waals surface area contributed by atoms with Crippen molar-refractivity contribution in [1.82, 2.24) is 30.0 Å². The molecule has 1 amide bonds. The lowest BCUT2D eigenvalue weighted by Crippen LogP contribution is -2.49. The second kappa shape index (κ2) is 6.58. The van der Waals surface area contributed by atoms with Crippen molar-refractivity contribution in [2.75, 3.05) is 31.1 Å². The highest BCUT2D eigenvalue weighted by Gasteiger charge is 2.27. The number of aryl methyl sites for hydroxylation is 2. The minimum atomic E-state index is -0.0268. The van der Waals surface area contributed by atoms with E-state index in [-0.39, 0.29) is 5.91 Å². The molecule has 0 unspecified atom stereocenters. The Morgan fingerprint density at radius 3 is 2.38 bits per heavy atom. The third-order valence-electron chi connectivity index (χ3n) is 4.51. The van der Waals surface area contributed by atoms with Gasteiger partial charge in [-0.2, -0.15) is 5.10 Å². The molecule has 0 bridgehead atoms. The van der Waals surface area contributed by atoms with Gasteiger partial charge in [-0.15, -0.1) is 10.2 Å². The van der Waals surface area contributed by atoms with Crippen LogP contribution in [0.5, 0.6) is 0 Å². The molecule has 9 nitrogen and oxygen atoms in total. The van der Waals surface area contributed by atoms with Crippen LogP contribution in [0.1, 0.15) is 21.8 Å². The second-order valence-corrected chi connectivity index (χ2v) is 6.18. The largest absolute Gasteiger partial charge is 0.361 e. The summed E-state index contributed by atoms with van der Waals surface area (Å²) in [4.78, 5) is 16.6. The van der Waals surface area contributed by atoms with Crippen LogP contribution < -0.4 is 4.90 Å². The monoisotopic (exact) mass is 353 g/mol. The predicted octanol–water partition coefficient (Wildman–Crippen LogP) is 1.23. The van der Waals surface area contributed by atoms with E-state index in [4.69, 9.17) is 4.52 Å². The zero-order chi connectivity index (χ0) is 18.1. The lowest BCUT2D eigenvalue weighted by Gasteiger charge is -2.35. The maximum Gasteiger partial charge on any atom is 0.259 e. The number of amides is 1. The smallest absolute Gasteiger partial charge is 0.259 e. The summed E-state index contributed by atoms with van der Waals surface area (Å²) in [6.07, 6.45) is 3.52. The molecule has 0 aromatic carbocycles. The van der Waals surface area contributed by atoms with Crippen LogP contribution in [0.4, 0.5) is 5.82 Å². The van der Waals surface area contributed by atoms with Gasteiger partial charge in [-0.3, -0.25) is 4.79 Å². The molecule has 0 N–H and O–H groups in total. The van der Waals surface area contributed by atoms with Gasteiger partial charge in [0.2, 0.25) is 0 Å². The van der Waals surface area contributed by atoms with E-state index in [1.165, 1.54) is 0 Å². The Balaban J connectivity index is 1.41. The normalized spacial score (nSPS) is 14.7. The standard InChI is InChI=1S/C17H19N7O2/c1-12-16(13(2)26-21-12)17(25)23-10-8-22(9-11-23)14-4-5-15(20-19-14)24-7-3-6-18-24/h3-7H,8-11H2,1-2H3. The summed E-state index contributed by atoms with van der Waals surface area (Å²) in [6, 6.07) is 5.65. The lowest BCUT2D eigenvalue weighted by atomic mass is 10.1. The van der Waals surface area contributed by atoms with Gasteiger partial charge in [0.25, 0.3) is 5.91 Å². The fourth-order valence-electron chi connectivity index (χ4n) is 3.10. The average molecular weight is 353 g/mol. The summed E-state index contributed by atoms with van der Waals surface area (Å²) >= 11 is 0. The maximum atomic E-state index is 12.7. The van der Waals surface area contributed by atoms with E-state index in [0.29, 0.717) is 49.0 Å². The first kappa shape index (κ1) is 16.2. The van der Waals surface area contributed by atoms with Gasteiger partial charge in [0, 0.05) is 38.6 Å². The summed E-state index contributed by atoms with van der Waals surface area (Å²) in [5, 5.41) is 16.5. The summed E-state index contributed by atoms with van der Waals surface area (Å²) < 4.78 is 6.77. The van der Waals surface area contributed by atoms with Gasteiger partial charge in [-0.05, 0) is 32.0 Å². The van der Waals surface area contributed by atoms with E-state index in [1.807, 2.05) is 29.3 Å². The van der Waals surface area contributed by atoms with E-state index < -0.39 is 0 Å². The Bertz CT molecular complexity index is 874. The minimum Gasteiger partial charge on any atom is -0.361 e. The van der Waals surface area contributed by atoms with Crippen molar-refractivity contribution in [1.29, 1.82) is 0 Å². The van der Waals surface area contributed by atoms with E-state index in [9.17, 15) is 4.79 Å². The van der Waals surface area contributed by atoms with E-state index in [1.54, 1.807) is 24.7 Å². The van der Waals surface area contributed by atoms with Gasteiger partial charge in [0.15, 0.2) is 11.6 Å². The highest BCUT2D eigenvalue weighted by atomic mass is 16.5. The summed E-state index contributed by atoms with van der Waals surface area (Å²) in [5.41, 5.74) is 1.21. The molecular formula is C17H19N7O2. The first-order valence-corrected chi connectivity index (χ1v) is 8.44. The molecule has 0 atom stereocenters. The van der Waals surface area contributed by atoms with Crippen LogP contribution in [0, 0.1) is 13.8 Å². The highest BCUT2D eigenvalue weighted by molar-refractivity contribution is 5.96. The molecule has 134 valence electrons. The van der Waals surface area contributed by atoms with Crippen molar-refractivity contribution in [3.05, 3.63) is 47.6 Å². The number of anilines is 1. The molecule has 1 fully saturated rings. The fourth-order valence-corrected chi connectivity index (χ4v) is 3.10. The van der Waals surface area contributed by atoms with Gasteiger partial charge >= 0.3 is 0 Å². The first-order chi connectivity index (χ1) is 12.6. The quantitative estimate of drug-likeness (QED) is 0.699. The molecule has 4 rings (SSSR count). The molecule has 3 aromatic rings. The van der Waals surface area contributed by atoms with Crippen molar-refractivity contribution >= 4 is 11.7 Å². The van der Waals surface area contributed by atoms with Crippen molar-refractivity contribution in [2.45, 2.75) is 13.8 Å². The second-order valence-electron chi connectivity index (χ2n) is 6.18. The molecule has 4 heterocycles. The van der Waals surface area contributed by atoms with E-state index in [2.05, 4.69) is 25.4 Å². The first-order valence-electron chi connectivity index (χ1n) is 8.44. The van der Waals surface area contributed by atoms with Gasteiger partial charge in [0.1, 0.15) is 11.3 Å². The summed E-state index contributed by atoms with van der Waals surface area (Å²) in [5.74, 6) is 2.01. The number of hydrogen-bond donors (Lipinski definition) is 0. The van der Waals surface area contributed by atoms with Crippen LogP contribution >= 0.6 is 0 Å². The summed E-state index contributed by atoms with van der Waals surface area (Å²) in [6.45, 7) is 6.18. The topological polar surface area (TPSA) is 93.2 Å². The fraction of sp³-hybridized carbons (Fsp3) is 0.353. The number of aromatic nitrogens is 5. The van der Waals surface area contributed by atoms with Crippen LogP contribution in [0.25, 0.3) is 5.82 Å². The van der Waals surface area contributed by atoms with Crippen molar-refractivity contribution < 1.29 is 9.32 Å². The minimum absolute atomic E-state index is 0.0268. The zero-order valence-corrected chi connectivity index (χ0v) is 14.7. The van der Waals surface area contributed by atoms with Crippen LogP contribution in [0.2, 0.25) is 0 Å². The van der Waals surface area contributed by atoms with Crippen LogP contribution in [0.3, 0.4) is 0 Å². The SMILES string of the molecule is Cc1noc(C)c1C(=O)N1CCN(c2ccc(-n3cccn3)nn2)CC1. The van der Waals surface area contributed by atoms with Gasteiger partial charge in [-0.1, -0.05) is 5.16 Å². The third kappa shape index (κ3) is 2.92. The Morgan fingerprint density at radius 1 is 1.08 bits per heavy atom. The molecule has 26 heavy (non-hydrogen) atoms. The molecule has 0 radical (unpaired) electrons. The average Bonchev–Trinajstić information content (AvgIpc) is 3.32. The molecule has 0 aliphatic carbocycles. The number of piperazine rings is 1. The number of nitrogens with zero attached hydrogens (tertiary/aromatic N) is 7. The number of hydrogen-bond acceptors (Lipinski definition) is 7. The molecule has 1 aliphatic heterocycles. The molecule has 3 aromatic heterocycles. The zero-order valence-electron chi connectivity index (χ0n) is 14.7. The predicted molar refractivity (Wildman–Crippen MR) is 93.2 cm³/mol. The van der Waals surface area contributed by atoms with Crippen molar-refractivity contribution in [3.8, 4) is 5.82 Å². The van der Waals surface area contributed by atoms with Gasteiger partial charge in [0.05, 0.1) is 5.69 Å². The Labute approximate surface area is 150 Å². The Morgan fingerprint density at radius 2 is 1.81 bits per heavy atom. The number of carbonyl (C=O) groups excluding carboxylic acids is 1. The van der Waals surface area contributed by atoms with Crippen LogP contribution in [-0.4, -0.2) is 62.1 Å². The maximum absolute atomic E-state index is 12.7. The molecule has 0 saturated carbocycles. The molecular weight excluding hydrogens is 334 g/mol. The molecule has 9 heteroatoms. The molecule has 1 aliphatic rings. The Kier molecular flexibility index (Phi) is 4.11. The number of rotatable bonds is 3. The molecule has 1 saturated heterocycles. The van der Waals surface area contributed by atoms with Crippen molar-refractivity contribution in [2.24, 2.45) is 0 Å².